The van der Waals surface area contributed by atoms with Crippen molar-refractivity contribution in [2.75, 3.05) is 11.1 Å². The maximum Gasteiger partial charge on any atom is 0.225 e. The van der Waals surface area contributed by atoms with Crippen LogP contribution in [-0.2, 0) is 4.79 Å². The number of hydrogen-bond acceptors (Lipinski definition) is 4. The molecule has 7 heteroatoms. The third kappa shape index (κ3) is 3.95. The predicted molar refractivity (Wildman–Crippen MR) is 120 cm³/mol. The van der Waals surface area contributed by atoms with E-state index in [-0.39, 0.29) is 5.91 Å². The standard InChI is InChI=1S/C22H21ClN4OS/c1-13-10-15(3)21-16(11-13)14(2)12-19-25-26-22(27(19)21)29-9-8-20(28)24-18-7-5-4-6-17(18)23/h4-7,10-12H,8-9H2,1-3H3,(H,24,28). The average molecular weight is 425 g/mol. The summed E-state index contributed by atoms with van der Waals surface area (Å²) >= 11 is 7.63. The van der Waals surface area contributed by atoms with Gasteiger partial charge in [0.2, 0.25) is 5.91 Å². The van der Waals surface area contributed by atoms with E-state index in [1.807, 2.05) is 12.1 Å². The largest absolute Gasteiger partial charge is 0.325 e. The lowest BCUT2D eigenvalue weighted by Crippen LogP contribution is -2.12. The smallest absolute Gasteiger partial charge is 0.225 e. The van der Waals surface area contributed by atoms with Crippen LogP contribution in [0.5, 0.6) is 0 Å². The van der Waals surface area contributed by atoms with Crippen LogP contribution in [0.15, 0.2) is 47.6 Å². The predicted octanol–water partition coefficient (Wildman–Crippen LogP) is 5.58. The highest BCUT2D eigenvalue weighted by Crippen LogP contribution is 2.29. The number of aryl methyl sites for hydroxylation is 3. The van der Waals surface area contributed by atoms with Crippen LogP contribution < -0.4 is 5.32 Å². The highest BCUT2D eigenvalue weighted by Gasteiger charge is 2.14. The summed E-state index contributed by atoms with van der Waals surface area (Å²) in [6.07, 6.45) is 0.354. The number of aromatic nitrogens is 3. The molecule has 0 bridgehead atoms. The quantitative estimate of drug-likeness (QED) is 0.425. The Balaban J connectivity index is 1.55. The molecule has 148 valence electrons. The first kappa shape index (κ1) is 19.7. The second kappa shape index (κ2) is 8.05. The van der Waals surface area contributed by atoms with Gasteiger partial charge in [0.05, 0.1) is 16.2 Å². The van der Waals surface area contributed by atoms with Crippen LogP contribution in [0.1, 0.15) is 23.1 Å². The molecule has 0 aliphatic heterocycles. The fourth-order valence-corrected chi connectivity index (χ4v) is 4.58. The molecule has 2 aromatic carbocycles. The van der Waals surface area contributed by atoms with E-state index in [9.17, 15) is 4.79 Å². The molecule has 4 rings (SSSR count). The SMILES string of the molecule is Cc1cc(C)c2c(c1)c(C)cc1nnc(SCCC(=O)Nc3ccccc3Cl)n12. The Hall–Kier alpha value is -2.57. The normalized spacial score (nSPS) is 11.3. The Kier molecular flexibility index (Phi) is 5.48. The molecule has 0 radical (unpaired) electrons. The van der Waals surface area contributed by atoms with Gasteiger partial charge in [-0.3, -0.25) is 9.20 Å². The first-order valence-electron chi connectivity index (χ1n) is 9.37. The van der Waals surface area contributed by atoms with Crippen LogP contribution in [0.3, 0.4) is 0 Å². The number of carbonyl (C=O) groups excluding carboxylic acids is 1. The molecule has 0 saturated heterocycles. The molecule has 0 aliphatic rings. The number of halogens is 1. The van der Waals surface area contributed by atoms with E-state index in [2.05, 4.69) is 58.9 Å². The highest BCUT2D eigenvalue weighted by molar-refractivity contribution is 7.99. The fraction of sp³-hybridized carbons (Fsp3) is 0.227. The minimum atomic E-state index is -0.0769. The van der Waals surface area contributed by atoms with Gasteiger partial charge in [0.1, 0.15) is 0 Å². The zero-order valence-electron chi connectivity index (χ0n) is 16.5. The molecule has 0 spiro atoms. The van der Waals surface area contributed by atoms with Crippen molar-refractivity contribution >= 4 is 51.5 Å². The molecule has 2 aromatic heterocycles. The van der Waals surface area contributed by atoms with Gasteiger partial charge in [-0.25, -0.2) is 0 Å². The zero-order valence-corrected chi connectivity index (χ0v) is 18.1. The molecule has 0 fully saturated rings. The number of benzene rings is 2. The summed E-state index contributed by atoms with van der Waals surface area (Å²) in [6, 6.07) is 13.7. The molecule has 0 atom stereocenters. The number of pyridine rings is 1. The lowest BCUT2D eigenvalue weighted by atomic mass is 10.0. The number of fused-ring (bicyclic) bond motifs is 3. The first-order valence-corrected chi connectivity index (χ1v) is 10.7. The molecule has 4 aromatic rings. The Morgan fingerprint density at radius 1 is 1.10 bits per heavy atom. The summed E-state index contributed by atoms with van der Waals surface area (Å²) in [5.41, 5.74) is 6.18. The van der Waals surface area contributed by atoms with Crippen molar-refractivity contribution in [3.63, 3.8) is 0 Å². The van der Waals surface area contributed by atoms with Gasteiger partial charge in [0, 0.05) is 17.6 Å². The van der Waals surface area contributed by atoms with Gasteiger partial charge in [-0.2, -0.15) is 0 Å². The van der Waals surface area contributed by atoms with E-state index in [0.29, 0.717) is 22.9 Å². The number of nitrogens with one attached hydrogen (secondary N) is 1. The van der Waals surface area contributed by atoms with Crippen LogP contribution in [0, 0.1) is 20.8 Å². The van der Waals surface area contributed by atoms with Gasteiger partial charge in [0.25, 0.3) is 0 Å². The molecular weight excluding hydrogens is 404 g/mol. The van der Waals surface area contributed by atoms with E-state index < -0.39 is 0 Å². The van der Waals surface area contributed by atoms with E-state index >= 15 is 0 Å². The van der Waals surface area contributed by atoms with Gasteiger partial charge < -0.3 is 5.32 Å². The van der Waals surface area contributed by atoms with Crippen molar-refractivity contribution < 1.29 is 4.79 Å². The van der Waals surface area contributed by atoms with E-state index in [0.717, 1.165) is 16.3 Å². The molecule has 1 amide bonds. The van der Waals surface area contributed by atoms with Gasteiger partial charge >= 0.3 is 0 Å². The van der Waals surface area contributed by atoms with E-state index in [1.165, 1.54) is 33.8 Å². The topological polar surface area (TPSA) is 59.3 Å². The van der Waals surface area contributed by atoms with E-state index in [1.54, 1.807) is 12.1 Å². The number of anilines is 1. The summed E-state index contributed by atoms with van der Waals surface area (Å²) in [5, 5.41) is 14.1. The van der Waals surface area contributed by atoms with Gasteiger partial charge in [0.15, 0.2) is 10.8 Å². The summed E-state index contributed by atoms with van der Waals surface area (Å²) < 4.78 is 2.09. The Morgan fingerprint density at radius 3 is 2.69 bits per heavy atom. The lowest BCUT2D eigenvalue weighted by Gasteiger charge is -2.11. The number of hydrogen-bond donors (Lipinski definition) is 1. The monoisotopic (exact) mass is 424 g/mol. The van der Waals surface area contributed by atoms with Crippen molar-refractivity contribution in [1.82, 2.24) is 14.6 Å². The fourth-order valence-electron chi connectivity index (χ4n) is 3.52. The van der Waals surface area contributed by atoms with Crippen molar-refractivity contribution in [2.24, 2.45) is 0 Å². The molecule has 29 heavy (non-hydrogen) atoms. The van der Waals surface area contributed by atoms with Crippen molar-refractivity contribution in [2.45, 2.75) is 32.3 Å². The summed E-state index contributed by atoms with van der Waals surface area (Å²) in [5.74, 6) is 0.518. The molecule has 0 saturated carbocycles. The minimum absolute atomic E-state index is 0.0769. The van der Waals surface area contributed by atoms with Crippen molar-refractivity contribution in [3.05, 3.63) is 64.2 Å². The van der Waals surface area contributed by atoms with Crippen molar-refractivity contribution in [1.29, 1.82) is 0 Å². The number of carbonyl (C=O) groups is 1. The first-order chi connectivity index (χ1) is 13.9. The Morgan fingerprint density at radius 2 is 1.90 bits per heavy atom. The second-order valence-electron chi connectivity index (χ2n) is 7.11. The van der Waals surface area contributed by atoms with E-state index in [4.69, 9.17) is 11.6 Å². The Labute approximate surface area is 178 Å². The van der Waals surface area contributed by atoms with Gasteiger partial charge in [-0.05, 0) is 56.2 Å². The molecule has 0 aliphatic carbocycles. The van der Waals surface area contributed by atoms with Gasteiger partial charge in [-0.15, -0.1) is 10.2 Å². The third-order valence-corrected chi connectivity index (χ3v) is 6.07. The maximum atomic E-state index is 12.3. The molecule has 5 nitrogen and oxygen atoms in total. The number of nitrogens with zero attached hydrogens (tertiary/aromatic N) is 3. The van der Waals surface area contributed by atoms with Crippen LogP contribution >= 0.6 is 23.4 Å². The summed E-state index contributed by atoms with van der Waals surface area (Å²) in [6.45, 7) is 6.32. The number of thioether (sulfide) groups is 1. The lowest BCUT2D eigenvalue weighted by molar-refractivity contribution is -0.115. The maximum absolute atomic E-state index is 12.3. The molecule has 1 N–H and O–H groups in total. The van der Waals surface area contributed by atoms with Crippen molar-refractivity contribution in [3.8, 4) is 0 Å². The average Bonchev–Trinajstić information content (AvgIpc) is 3.06. The van der Waals surface area contributed by atoms with Crippen LogP contribution in [0.2, 0.25) is 5.02 Å². The van der Waals surface area contributed by atoms with Crippen LogP contribution in [0.4, 0.5) is 5.69 Å². The number of amides is 1. The molecular formula is C22H21ClN4OS. The minimum Gasteiger partial charge on any atom is -0.325 e. The molecule has 0 unspecified atom stereocenters. The Bertz CT molecular complexity index is 1230. The van der Waals surface area contributed by atoms with Gasteiger partial charge in [-0.1, -0.05) is 47.1 Å². The zero-order chi connectivity index (χ0) is 20.5. The summed E-state index contributed by atoms with van der Waals surface area (Å²) in [4.78, 5) is 12.3. The second-order valence-corrected chi connectivity index (χ2v) is 8.58. The highest BCUT2D eigenvalue weighted by atomic mass is 35.5. The summed E-state index contributed by atoms with van der Waals surface area (Å²) in [7, 11) is 0. The number of para-hydroxylation sites is 1. The number of rotatable bonds is 5. The van der Waals surface area contributed by atoms with Crippen LogP contribution in [0.25, 0.3) is 16.6 Å². The van der Waals surface area contributed by atoms with Crippen LogP contribution in [-0.4, -0.2) is 26.3 Å². The third-order valence-electron chi connectivity index (χ3n) is 4.81. The molecule has 2 heterocycles.